The summed E-state index contributed by atoms with van der Waals surface area (Å²) in [5.74, 6) is 0. The van der Waals surface area contributed by atoms with Gasteiger partial charge in [-0.3, -0.25) is 0 Å². The molecule has 0 saturated heterocycles. The number of hydrogen-bond acceptors (Lipinski definition) is 2. The van der Waals surface area contributed by atoms with Crippen molar-refractivity contribution in [1.82, 2.24) is 0 Å². The quantitative estimate of drug-likeness (QED) is 0.351. The van der Waals surface area contributed by atoms with E-state index < -0.39 is 0 Å². The minimum atomic E-state index is 0.586. The Morgan fingerprint density at radius 3 is 2.29 bits per heavy atom. The molecule has 0 aliphatic heterocycles. The molecule has 0 radical (unpaired) electrons. The van der Waals surface area contributed by atoms with E-state index in [9.17, 15) is 0 Å². The molecule has 0 fully saturated rings. The highest BCUT2D eigenvalue weighted by atomic mass is 14.6. The van der Waals surface area contributed by atoms with Crippen molar-refractivity contribution in [1.29, 1.82) is 0 Å². The summed E-state index contributed by atoms with van der Waals surface area (Å²) in [7, 11) is 0. The molecule has 0 aromatic carbocycles. The van der Waals surface area contributed by atoms with Gasteiger partial charge in [-0.15, -0.1) is 0 Å². The molecule has 0 atom stereocenters. The fraction of sp³-hybridized carbons (Fsp3) is 0. The summed E-state index contributed by atoms with van der Waals surface area (Å²) in [5, 5.41) is 0. The fourth-order valence-corrected chi connectivity index (χ4v) is 0.179. The van der Waals surface area contributed by atoms with Crippen LogP contribution in [0.4, 0.5) is 0 Å². The normalized spacial score (nSPS) is 13.0. The SMILES string of the molecule is NC=CC(N)=C[NH3+]. The average Bonchev–Trinajstić information content (AvgIpc) is 1.68. The third kappa shape index (κ3) is 2.85. The highest BCUT2D eigenvalue weighted by Crippen LogP contribution is 1.75. The van der Waals surface area contributed by atoms with Crippen molar-refractivity contribution in [2.24, 2.45) is 11.5 Å². The van der Waals surface area contributed by atoms with Gasteiger partial charge in [0.05, 0.1) is 5.70 Å². The maximum absolute atomic E-state index is 5.22. The Balaban J connectivity index is 3.58. The van der Waals surface area contributed by atoms with Crippen molar-refractivity contribution in [3.63, 3.8) is 0 Å². The molecule has 0 heterocycles. The first-order chi connectivity index (χ1) is 3.31. The first-order valence-corrected chi connectivity index (χ1v) is 1.94. The number of hydrogen-bond donors (Lipinski definition) is 3. The third-order valence-electron chi connectivity index (χ3n) is 0.524. The standard InChI is InChI=1S/C4H9N3/c5-2-1-4(7)3-6/h1-3H,5-7H2/p+1. The molecule has 3 nitrogen and oxygen atoms in total. The van der Waals surface area contributed by atoms with Crippen molar-refractivity contribution in [3.05, 3.63) is 24.2 Å². The number of rotatable bonds is 1. The van der Waals surface area contributed by atoms with E-state index in [1.807, 2.05) is 0 Å². The van der Waals surface area contributed by atoms with Gasteiger partial charge in [-0.25, -0.2) is 0 Å². The maximum atomic E-state index is 5.22. The minimum Gasteiger partial charge on any atom is -0.405 e. The summed E-state index contributed by atoms with van der Waals surface area (Å²) in [5.41, 5.74) is 14.2. The second-order valence-corrected chi connectivity index (χ2v) is 1.06. The third-order valence-corrected chi connectivity index (χ3v) is 0.524. The Morgan fingerprint density at radius 1 is 1.57 bits per heavy atom. The van der Waals surface area contributed by atoms with Crippen molar-refractivity contribution in [2.75, 3.05) is 0 Å². The van der Waals surface area contributed by atoms with Gasteiger partial charge >= 0.3 is 0 Å². The molecule has 0 unspecified atom stereocenters. The van der Waals surface area contributed by atoms with Gasteiger partial charge in [-0.2, -0.15) is 0 Å². The van der Waals surface area contributed by atoms with Crippen LogP contribution in [-0.2, 0) is 0 Å². The fourth-order valence-electron chi connectivity index (χ4n) is 0.179. The van der Waals surface area contributed by atoms with Crippen molar-refractivity contribution in [2.45, 2.75) is 0 Å². The lowest BCUT2D eigenvalue weighted by Gasteiger charge is -1.79. The smallest absolute Gasteiger partial charge is 0.114 e. The van der Waals surface area contributed by atoms with Gasteiger partial charge in [0.1, 0.15) is 6.20 Å². The van der Waals surface area contributed by atoms with E-state index in [0.29, 0.717) is 5.70 Å². The molecule has 0 rings (SSSR count). The zero-order valence-corrected chi connectivity index (χ0v) is 4.09. The highest BCUT2D eigenvalue weighted by molar-refractivity contribution is 5.09. The molecular weight excluding hydrogens is 90.1 g/mol. The predicted octanol–water partition coefficient (Wildman–Crippen LogP) is -1.50. The molecule has 7 N–H and O–H groups in total. The molecule has 40 valence electrons. The van der Waals surface area contributed by atoms with Gasteiger partial charge in [0.15, 0.2) is 0 Å². The molecule has 0 bridgehead atoms. The van der Waals surface area contributed by atoms with E-state index >= 15 is 0 Å². The largest absolute Gasteiger partial charge is 0.405 e. The lowest BCUT2D eigenvalue weighted by molar-refractivity contribution is -0.276. The average molecular weight is 100 g/mol. The van der Waals surface area contributed by atoms with E-state index in [1.165, 1.54) is 12.4 Å². The highest BCUT2D eigenvalue weighted by Gasteiger charge is 1.74. The summed E-state index contributed by atoms with van der Waals surface area (Å²) < 4.78 is 0. The monoisotopic (exact) mass is 100 g/mol. The van der Waals surface area contributed by atoms with E-state index in [1.54, 1.807) is 6.08 Å². The predicted molar refractivity (Wildman–Crippen MR) is 28.5 cm³/mol. The molecular formula is C4H10N3+. The summed E-state index contributed by atoms with van der Waals surface area (Å²) >= 11 is 0. The summed E-state index contributed by atoms with van der Waals surface area (Å²) in [6, 6.07) is 0. The maximum Gasteiger partial charge on any atom is 0.114 e. The Labute approximate surface area is 42.5 Å². The van der Waals surface area contributed by atoms with Crippen LogP contribution in [0.1, 0.15) is 0 Å². The van der Waals surface area contributed by atoms with Crippen LogP contribution in [0.25, 0.3) is 0 Å². The van der Waals surface area contributed by atoms with Crippen molar-refractivity contribution in [3.8, 4) is 0 Å². The van der Waals surface area contributed by atoms with Gasteiger partial charge in [-0.05, 0) is 12.3 Å². The lowest BCUT2D eigenvalue weighted by Crippen LogP contribution is -2.40. The Kier molecular flexibility index (Phi) is 2.79. The molecule has 0 saturated carbocycles. The Bertz CT molecular complexity index is 93.1. The van der Waals surface area contributed by atoms with Crippen LogP contribution in [0.2, 0.25) is 0 Å². The van der Waals surface area contributed by atoms with Crippen LogP contribution in [-0.4, -0.2) is 0 Å². The van der Waals surface area contributed by atoms with Gasteiger partial charge in [-0.1, -0.05) is 0 Å². The van der Waals surface area contributed by atoms with E-state index in [-0.39, 0.29) is 0 Å². The van der Waals surface area contributed by atoms with E-state index in [2.05, 4.69) is 5.73 Å². The van der Waals surface area contributed by atoms with E-state index in [4.69, 9.17) is 11.5 Å². The molecule has 0 spiro atoms. The van der Waals surface area contributed by atoms with Crippen LogP contribution in [0, 0.1) is 0 Å². The topological polar surface area (TPSA) is 79.7 Å². The van der Waals surface area contributed by atoms with Crippen LogP contribution in [0.15, 0.2) is 24.2 Å². The van der Waals surface area contributed by atoms with Crippen LogP contribution >= 0.6 is 0 Å². The second kappa shape index (κ2) is 3.24. The van der Waals surface area contributed by atoms with Gasteiger partial charge in [0.25, 0.3) is 0 Å². The molecule has 0 aromatic rings. The van der Waals surface area contributed by atoms with Crippen molar-refractivity contribution < 1.29 is 5.73 Å². The summed E-state index contributed by atoms with van der Waals surface area (Å²) in [6.45, 7) is 0. The Hall–Kier alpha value is -0.960. The molecule has 0 amide bonds. The van der Waals surface area contributed by atoms with Crippen LogP contribution in [0.5, 0.6) is 0 Å². The Morgan fingerprint density at radius 2 is 2.14 bits per heavy atom. The first kappa shape index (κ1) is 6.04. The van der Waals surface area contributed by atoms with Gasteiger partial charge in [0, 0.05) is 0 Å². The lowest BCUT2D eigenvalue weighted by atomic mass is 10.5. The van der Waals surface area contributed by atoms with Crippen LogP contribution < -0.4 is 17.2 Å². The molecule has 0 aromatic heterocycles. The molecule has 0 aliphatic rings. The first-order valence-electron chi connectivity index (χ1n) is 1.94. The second-order valence-electron chi connectivity index (χ2n) is 1.06. The zero-order valence-electron chi connectivity index (χ0n) is 4.09. The molecule has 0 aliphatic carbocycles. The minimum absolute atomic E-state index is 0.586. The van der Waals surface area contributed by atoms with Gasteiger partial charge < -0.3 is 17.2 Å². The summed E-state index contributed by atoms with van der Waals surface area (Å²) in [4.78, 5) is 0. The van der Waals surface area contributed by atoms with E-state index in [0.717, 1.165) is 0 Å². The number of nitrogens with two attached hydrogens (primary N) is 2. The number of allylic oxidation sites excluding steroid dienone is 1. The number of quaternary nitrogens is 1. The van der Waals surface area contributed by atoms with Crippen molar-refractivity contribution >= 4 is 0 Å². The van der Waals surface area contributed by atoms with Gasteiger partial charge in [0.2, 0.25) is 0 Å². The molecule has 3 heteroatoms. The summed E-state index contributed by atoms with van der Waals surface area (Å²) in [6.07, 6.45) is 4.48. The molecule has 7 heavy (non-hydrogen) atoms. The zero-order chi connectivity index (χ0) is 5.70. The van der Waals surface area contributed by atoms with Crippen LogP contribution in [0.3, 0.4) is 0 Å².